The van der Waals surface area contributed by atoms with E-state index in [1.165, 1.54) is 29.8 Å². The van der Waals surface area contributed by atoms with Crippen molar-refractivity contribution in [2.24, 2.45) is 0 Å². The maximum atomic E-state index is 12.9. The van der Waals surface area contributed by atoms with Crippen LogP contribution in [0.15, 0.2) is 24.3 Å². The van der Waals surface area contributed by atoms with Gasteiger partial charge in [0.2, 0.25) is 0 Å². The molecule has 1 aliphatic rings. The predicted molar refractivity (Wildman–Crippen MR) is 64.5 cm³/mol. The summed E-state index contributed by atoms with van der Waals surface area (Å²) in [5.74, 6) is 0.0434. The molecule has 2 aromatic rings. The average Bonchev–Trinajstić information content (AvgIpc) is 2.90. The van der Waals surface area contributed by atoms with Crippen molar-refractivity contribution >= 4 is 0 Å². The van der Waals surface area contributed by atoms with E-state index in [9.17, 15) is 4.39 Å². The lowest BCUT2D eigenvalue weighted by Gasteiger charge is -2.10. The second kappa shape index (κ2) is 3.99. The molecule has 1 aromatic heterocycles. The summed E-state index contributed by atoms with van der Waals surface area (Å²) < 4.78 is 12.9. The molecular formula is C14H15FN2. The predicted octanol–water partition coefficient (Wildman–Crippen LogP) is 3.19. The number of hydrogen-bond acceptors (Lipinski definition) is 1. The summed E-state index contributed by atoms with van der Waals surface area (Å²) in [7, 11) is 0. The van der Waals surface area contributed by atoms with Crippen molar-refractivity contribution in [1.29, 1.82) is 0 Å². The van der Waals surface area contributed by atoms with Crippen LogP contribution in [-0.4, -0.2) is 10.2 Å². The van der Waals surface area contributed by atoms with Crippen molar-refractivity contribution in [2.75, 3.05) is 0 Å². The zero-order valence-corrected chi connectivity index (χ0v) is 9.83. The van der Waals surface area contributed by atoms with Crippen molar-refractivity contribution < 1.29 is 4.39 Å². The minimum Gasteiger partial charge on any atom is -0.282 e. The summed E-state index contributed by atoms with van der Waals surface area (Å²) in [6.45, 7) is 2.13. The molecule has 1 aliphatic carbocycles. The molecule has 0 saturated carbocycles. The van der Waals surface area contributed by atoms with Gasteiger partial charge < -0.3 is 0 Å². The highest BCUT2D eigenvalue weighted by Crippen LogP contribution is 2.31. The molecule has 0 amide bonds. The lowest BCUT2D eigenvalue weighted by Crippen LogP contribution is -2.00. The monoisotopic (exact) mass is 230 g/mol. The Bertz CT molecular complexity index is 528. The molecule has 0 bridgehead atoms. The quantitative estimate of drug-likeness (QED) is 0.843. The normalized spacial score (nSPS) is 15.9. The fourth-order valence-corrected chi connectivity index (χ4v) is 2.61. The van der Waals surface area contributed by atoms with Gasteiger partial charge in [0, 0.05) is 11.6 Å². The molecular weight excluding hydrogens is 215 g/mol. The molecule has 1 heterocycles. The largest absolute Gasteiger partial charge is 0.282 e. The van der Waals surface area contributed by atoms with Crippen LogP contribution in [0.1, 0.15) is 41.8 Å². The van der Waals surface area contributed by atoms with Crippen molar-refractivity contribution in [2.45, 2.75) is 32.1 Å². The molecule has 3 heteroatoms. The highest BCUT2D eigenvalue weighted by molar-refractivity contribution is 5.37. The van der Waals surface area contributed by atoms with E-state index in [0.29, 0.717) is 0 Å². The Morgan fingerprint density at radius 1 is 1.24 bits per heavy atom. The Morgan fingerprint density at radius 3 is 2.76 bits per heavy atom. The molecule has 88 valence electrons. The highest BCUT2D eigenvalue weighted by Gasteiger charge is 2.22. The van der Waals surface area contributed by atoms with Gasteiger partial charge in [-0.15, -0.1) is 0 Å². The smallest absolute Gasteiger partial charge is 0.123 e. The van der Waals surface area contributed by atoms with E-state index in [0.717, 1.165) is 24.1 Å². The summed E-state index contributed by atoms with van der Waals surface area (Å²) in [4.78, 5) is 0. The van der Waals surface area contributed by atoms with E-state index >= 15 is 0 Å². The molecule has 1 N–H and O–H groups in total. The number of rotatable bonds is 2. The summed E-state index contributed by atoms with van der Waals surface area (Å²) in [5, 5.41) is 7.54. The summed E-state index contributed by atoms with van der Waals surface area (Å²) in [6, 6.07) is 6.71. The third-order valence-corrected chi connectivity index (χ3v) is 3.62. The van der Waals surface area contributed by atoms with Gasteiger partial charge >= 0.3 is 0 Å². The van der Waals surface area contributed by atoms with Gasteiger partial charge in [0.25, 0.3) is 0 Å². The summed E-state index contributed by atoms with van der Waals surface area (Å²) >= 11 is 0. The van der Waals surface area contributed by atoms with Gasteiger partial charge in [-0.3, -0.25) is 5.10 Å². The van der Waals surface area contributed by atoms with Crippen LogP contribution in [0, 0.1) is 5.82 Å². The number of halogens is 1. The first-order chi connectivity index (χ1) is 8.25. The van der Waals surface area contributed by atoms with E-state index in [-0.39, 0.29) is 11.7 Å². The fourth-order valence-electron chi connectivity index (χ4n) is 2.61. The number of fused-ring (bicyclic) bond motifs is 1. The van der Waals surface area contributed by atoms with Gasteiger partial charge in [-0.05, 0) is 42.5 Å². The van der Waals surface area contributed by atoms with Crippen LogP contribution in [0.4, 0.5) is 4.39 Å². The van der Waals surface area contributed by atoms with E-state index in [1.54, 1.807) is 0 Å². The molecule has 1 atom stereocenters. The zero-order chi connectivity index (χ0) is 11.8. The Morgan fingerprint density at radius 2 is 2.00 bits per heavy atom. The molecule has 0 aliphatic heterocycles. The van der Waals surface area contributed by atoms with Gasteiger partial charge in [-0.25, -0.2) is 4.39 Å². The molecule has 0 saturated heterocycles. The standard InChI is InChI=1S/C14H15FN2/c1-9(10-5-7-11(15)8-6-10)14-12-3-2-4-13(12)16-17-14/h5-9H,2-4H2,1H3,(H,16,17). The van der Waals surface area contributed by atoms with E-state index in [4.69, 9.17) is 0 Å². The maximum Gasteiger partial charge on any atom is 0.123 e. The molecule has 2 nitrogen and oxygen atoms in total. The third-order valence-electron chi connectivity index (χ3n) is 3.62. The van der Waals surface area contributed by atoms with Crippen molar-refractivity contribution in [3.63, 3.8) is 0 Å². The van der Waals surface area contributed by atoms with Crippen LogP contribution >= 0.6 is 0 Å². The number of benzene rings is 1. The van der Waals surface area contributed by atoms with Gasteiger partial charge in [-0.2, -0.15) is 5.10 Å². The Labute approximate surface area is 99.9 Å². The van der Waals surface area contributed by atoms with Gasteiger partial charge in [0.05, 0.1) is 5.69 Å². The first-order valence-corrected chi connectivity index (χ1v) is 6.07. The number of aromatic amines is 1. The number of aryl methyl sites for hydroxylation is 1. The number of hydrogen-bond donors (Lipinski definition) is 1. The Hall–Kier alpha value is -1.64. The molecule has 1 aromatic carbocycles. The van der Waals surface area contributed by atoms with E-state index in [1.807, 2.05) is 12.1 Å². The zero-order valence-electron chi connectivity index (χ0n) is 9.83. The molecule has 17 heavy (non-hydrogen) atoms. The molecule has 0 fully saturated rings. The van der Waals surface area contributed by atoms with Gasteiger partial charge in [-0.1, -0.05) is 19.1 Å². The molecule has 1 unspecified atom stereocenters. The number of H-pyrrole nitrogens is 1. The Balaban J connectivity index is 1.95. The second-order valence-corrected chi connectivity index (χ2v) is 4.69. The first-order valence-electron chi connectivity index (χ1n) is 6.07. The Kier molecular flexibility index (Phi) is 2.46. The van der Waals surface area contributed by atoms with Crippen molar-refractivity contribution in [1.82, 2.24) is 10.2 Å². The topological polar surface area (TPSA) is 28.7 Å². The number of nitrogens with one attached hydrogen (secondary N) is 1. The SMILES string of the molecule is CC(c1ccc(F)cc1)c1n[nH]c2c1CCC2. The minimum atomic E-state index is -0.187. The molecule has 0 spiro atoms. The van der Waals surface area contributed by atoms with Crippen LogP contribution in [0.5, 0.6) is 0 Å². The molecule has 0 radical (unpaired) electrons. The minimum absolute atomic E-state index is 0.187. The van der Waals surface area contributed by atoms with Crippen molar-refractivity contribution in [3.8, 4) is 0 Å². The number of nitrogens with zero attached hydrogens (tertiary/aromatic N) is 1. The van der Waals surface area contributed by atoms with Crippen LogP contribution in [0.3, 0.4) is 0 Å². The van der Waals surface area contributed by atoms with E-state index < -0.39 is 0 Å². The van der Waals surface area contributed by atoms with Gasteiger partial charge in [0.1, 0.15) is 5.82 Å². The third kappa shape index (κ3) is 1.75. The first kappa shape index (κ1) is 10.5. The van der Waals surface area contributed by atoms with Crippen LogP contribution in [0.25, 0.3) is 0 Å². The van der Waals surface area contributed by atoms with Crippen LogP contribution in [0.2, 0.25) is 0 Å². The fraction of sp³-hybridized carbons (Fsp3) is 0.357. The number of aromatic nitrogens is 2. The van der Waals surface area contributed by atoms with Gasteiger partial charge in [0.15, 0.2) is 0 Å². The average molecular weight is 230 g/mol. The highest BCUT2D eigenvalue weighted by atomic mass is 19.1. The molecule has 3 rings (SSSR count). The maximum absolute atomic E-state index is 12.9. The summed E-state index contributed by atoms with van der Waals surface area (Å²) in [5.41, 5.74) is 4.91. The second-order valence-electron chi connectivity index (χ2n) is 4.69. The van der Waals surface area contributed by atoms with Crippen molar-refractivity contribution in [3.05, 3.63) is 52.6 Å². The lowest BCUT2D eigenvalue weighted by atomic mass is 9.94. The van der Waals surface area contributed by atoms with E-state index in [2.05, 4.69) is 17.1 Å². The van der Waals surface area contributed by atoms with Crippen LogP contribution < -0.4 is 0 Å². The summed E-state index contributed by atoms with van der Waals surface area (Å²) in [6.07, 6.45) is 3.44. The lowest BCUT2D eigenvalue weighted by molar-refractivity contribution is 0.626. The van der Waals surface area contributed by atoms with Crippen LogP contribution in [-0.2, 0) is 12.8 Å².